The maximum Gasteiger partial charge on any atom is 0.573 e. The van der Waals surface area contributed by atoms with Gasteiger partial charge in [0.1, 0.15) is 11.8 Å². The van der Waals surface area contributed by atoms with E-state index in [2.05, 4.69) is 15.4 Å². The number of alkyl halides is 3. The Kier molecular flexibility index (Phi) is 5.12. The molecule has 24 heavy (non-hydrogen) atoms. The molecule has 1 heterocycles. The summed E-state index contributed by atoms with van der Waals surface area (Å²) >= 11 is 0. The Bertz CT molecular complexity index is 697. The molecule has 2 aromatic rings. The highest BCUT2D eigenvalue weighted by Crippen LogP contribution is 2.23. The SMILES string of the molecule is C[C@@H](NC(=O)c1ccco1)C(=O)Nc1ccc(OC(F)(F)F)cc1. The summed E-state index contributed by atoms with van der Waals surface area (Å²) in [5.74, 6) is -1.45. The predicted molar refractivity (Wildman–Crippen MR) is 77.4 cm³/mol. The number of hydrogen-bond donors (Lipinski definition) is 2. The zero-order valence-corrected chi connectivity index (χ0v) is 12.4. The average molecular weight is 342 g/mol. The van der Waals surface area contributed by atoms with E-state index in [0.29, 0.717) is 0 Å². The summed E-state index contributed by atoms with van der Waals surface area (Å²) in [7, 11) is 0. The number of carbonyl (C=O) groups excluding carboxylic acids is 2. The zero-order valence-electron chi connectivity index (χ0n) is 12.4. The number of carbonyl (C=O) groups is 2. The van der Waals surface area contributed by atoms with Gasteiger partial charge in [-0.2, -0.15) is 0 Å². The van der Waals surface area contributed by atoms with Gasteiger partial charge in [-0.15, -0.1) is 13.2 Å². The van der Waals surface area contributed by atoms with Crippen LogP contribution >= 0.6 is 0 Å². The molecule has 0 unspecified atom stereocenters. The van der Waals surface area contributed by atoms with E-state index in [-0.39, 0.29) is 11.4 Å². The number of halogens is 3. The van der Waals surface area contributed by atoms with E-state index in [4.69, 9.17) is 4.42 Å². The van der Waals surface area contributed by atoms with E-state index in [1.165, 1.54) is 37.5 Å². The van der Waals surface area contributed by atoms with Crippen molar-refractivity contribution in [2.45, 2.75) is 19.3 Å². The number of anilines is 1. The molecular weight excluding hydrogens is 329 g/mol. The molecule has 0 radical (unpaired) electrons. The minimum absolute atomic E-state index is 0.0586. The highest BCUT2D eigenvalue weighted by atomic mass is 19.4. The van der Waals surface area contributed by atoms with Crippen LogP contribution < -0.4 is 15.4 Å². The van der Waals surface area contributed by atoms with E-state index in [9.17, 15) is 22.8 Å². The first-order valence-corrected chi connectivity index (χ1v) is 6.75. The van der Waals surface area contributed by atoms with Gasteiger partial charge in [0.25, 0.3) is 5.91 Å². The van der Waals surface area contributed by atoms with E-state index in [1.807, 2.05) is 0 Å². The monoisotopic (exact) mass is 342 g/mol. The second kappa shape index (κ2) is 7.07. The highest BCUT2D eigenvalue weighted by molar-refractivity contribution is 5.99. The van der Waals surface area contributed by atoms with Crippen LogP contribution in [-0.2, 0) is 4.79 Å². The molecule has 2 N–H and O–H groups in total. The Morgan fingerprint density at radius 1 is 1.17 bits per heavy atom. The van der Waals surface area contributed by atoms with Crippen LogP contribution in [0.2, 0.25) is 0 Å². The largest absolute Gasteiger partial charge is 0.573 e. The van der Waals surface area contributed by atoms with E-state index < -0.39 is 30.0 Å². The molecule has 9 heteroatoms. The highest BCUT2D eigenvalue weighted by Gasteiger charge is 2.31. The van der Waals surface area contributed by atoms with Gasteiger partial charge >= 0.3 is 6.36 Å². The van der Waals surface area contributed by atoms with Crippen molar-refractivity contribution in [2.75, 3.05) is 5.32 Å². The van der Waals surface area contributed by atoms with Crippen LogP contribution in [0.3, 0.4) is 0 Å². The van der Waals surface area contributed by atoms with Crippen molar-refractivity contribution in [3.8, 4) is 5.75 Å². The number of amides is 2. The number of benzene rings is 1. The fourth-order valence-electron chi connectivity index (χ4n) is 1.73. The average Bonchev–Trinajstić information content (AvgIpc) is 3.02. The molecular formula is C15H13F3N2O4. The van der Waals surface area contributed by atoms with Gasteiger partial charge in [-0.25, -0.2) is 0 Å². The Hall–Kier alpha value is -2.97. The van der Waals surface area contributed by atoms with Gasteiger partial charge in [0.2, 0.25) is 5.91 Å². The Morgan fingerprint density at radius 2 is 1.83 bits per heavy atom. The molecule has 0 fully saturated rings. The number of furan rings is 1. The molecule has 0 saturated heterocycles. The van der Waals surface area contributed by atoms with Crippen molar-refractivity contribution in [1.82, 2.24) is 5.32 Å². The molecule has 0 bridgehead atoms. The molecule has 6 nitrogen and oxygen atoms in total. The van der Waals surface area contributed by atoms with Crippen LogP contribution in [-0.4, -0.2) is 24.2 Å². The van der Waals surface area contributed by atoms with Gasteiger partial charge in [-0.1, -0.05) is 0 Å². The maximum absolute atomic E-state index is 12.1. The number of nitrogens with one attached hydrogen (secondary N) is 2. The molecule has 0 aliphatic rings. The lowest BCUT2D eigenvalue weighted by Gasteiger charge is -2.14. The summed E-state index contributed by atoms with van der Waals surface area (Å²) in [6.07, 6.45) is -3.46. The lowest BCUT2D eigenvalue weighted by Crippen LogP contribution is -2.41. The number of rotatable bonds is 5. The third-order valence-corrected chi connectivity index (χ3v) is 2.84. The maximum atomic E-state index is 12.1. The van der Waals surface area contributed by atoms with Crippen LogP contribution in [0.25, 0.3) is 0 Å². The molecule has 128 valence electrons. The first-order valence-electron chi connectivity index (χ1n) is 6.75. The fourth-order valence-corrected chi connectivity index (χ4v) is 1.73. The van der Waals surface area contributed by atoms with Gasteiger partial charge in [0.15, 0.2) is 5.76 Å². The van der Waals surface area contributed by atoms with Gasteiger partial charge < -0.3 is 19.8 Å². The minimum Gasteiger partial charge on any atom is -0.459 e. The second-order valence-electron chi connectivity index (χ2n) is 4.73. The van der Waals surface area contributed by atoms with Crippen molar-refractivity contribution in [3.05, 3.63) is 48.4 Å². The van der Waals surface area contributed by atoms with Crippen LogP contribution in [0, 0.1) is 0 Å². The number of ether oxygens (including phenoxy) is 1. The standard InChI is InChI=1S/C15H13F3N2O4/c1-9(19-14(22)12-3-2-8-23-12)13(21)20-10-4-6-11(7-5-10)24-15(16,17)18/h2-9H,1H3,(H,19,22)(H,20,21)/t9-/m1/s1. The normalized spacial score (nSPS) is 12.3. The number of hydrogen-bond acceptors (Lipinski definition) is 4. The van der Waals surface area contributed by atoms with Crippen LogP contribution in [0.1, 0.15) is 17.5 Å². The molecule has 0 aliphatic heterocycles. The van der Waals surface area contributed by atoms with Crippen LogP contribution in [0.5, 0.6) is 5.75 Å². The summed E-state index contributed by atoms with van der Waals surface area (Å²) in [6, 6.07) is 6.72. The molecule has 0 saturated carbocycles. The summed E-state index contributed by atoms with van der Waals surface area (Å²) in [4.78, 5) is 23.7. The van der Waals surface area contributed by atoms with E-state index in [1.54, 1.807) is 0 Å². The Balaban J connectivity index is 1.90. The van der Waals surface area contributed by atoms with Crippen molar-refractivity contribution in [2.24, 2.45) is 0 Å². The molecule has 1 atom stereocenters. The third-order valence-electron chi connectivity index (χ3n) is 2.84. The zero-order chi connectivity index (χ0) is 17.7. The van der Waals surface area contributed by atoms with Gasteiger partial charge in [0, 0.05) is 5.69 Å². The molecule has 0 aliphatic carbocycles. The van der Waals surface area contributed by atoms with Gasteiger partial charge in [0.05, 0.1) is 6.26 Å². The van der Waals surface area contributed by atoms with Crippen LogP contribution in [0.15, 0.2) is 47.1 Å². The van der Waals surface area contributed by atoms with Crippen molar-refractivity contribution in [3.63, 3.8) is 0 Å². The minimum atomic E-state index is -4.78. The quantitative estimate of drug-likeness (QED) is 0.875. The van der Waals surface area contributed by atoms with Crippen molar-refractivity contribution in [1.29, 1.82) is 0 Å². The van der Waals surface area contributed by atoms with Gasteiger partial charge in [-0.3, -0.25) is 9.59 Å². The first-order chi connectivity index (χ1) is 11.2. The topological polar surface area (TPSA) is 80.6 Å². The van der Waals surface area contributed by atoms with E-state index >= 15 is 0 Å². The molecule has 0 spiro atoms. The Labute approximate surface area is 134 Å². The molecule has 2 rings (SSSR count). The predicted octanol–water partition coefficient (Wildman–Crippen LogP) is 2.94. The second-order valence-corrected chi connectivity index (χ2v) is 4.73. The summed E-state index contributed by atoms with van der Waals surface area (Å²) < 4.78 is 44.8. The van der Waals surface area contributed by atoms with E-state index in [0.717, 1.165) is 12.1 Å². The fraction of sp³-hybridized carbons (Fsp3) is 0.200. The summed E-state index contributed by atoms with van der Waals surface area (Å²) in [5.41, 5.74) is 0.258. The summed E-state index contributed by atoms with van der Waals surface area (Å²) in [6.45, 7) is 1.46. The lowest BCUT2D eigenvalue weighted by molar-refractivity contribution is -0.274. The van der Waals surface area contributed by atoms with Crippen molar-refractivity contribution >= 4 is 17.5 Å². The lowest BCUT2D eigenvalue weighted by atomic mass is 10.2. The van der Waals surface area contributed by atoms with Crippen LogP contribution in [0.4, 0.5) is 18.9 Å². The Morgan fingerprint density at radius 3 is 2.38 bits per heavy atom. The first kappa shape index (κ1) is 17.4. The molecule has 1 aromatic carbocycles. The summed E-state index contributed by atoms with van der Waals surface area (Å²) in [5, 5.41) is 4.89. The molecule has 1 aromatic heterocycles. The molecule has 2 amide bonds. The van der Waals surface area contributed by atoms with Crippen molar-refractivity contribution < 1.29 is 31.9 Å². The smallest absolute Gasteiger partial charge is 0.459 e. The van der Waals surface area contributed by atoms with Gasteiger partial charge in [-0.05, 0) is 43.3 Å². The third kappa shape index (κ3) is 5.04.